The second-order valence-electron chi connectivity index (χ2n) is 4.66. The topological polar surface area (TPSA) is 50.9 Å². The van der Waals surface area contributed by atoms with E-state index in [1.54, 1.807) is 12.3 Å². The van der Waals surface area contributed by atoms with Gasteiger partial charge in [0.05, 0.1) is 11.7 Å². The summed E-state index contributed by atoms with van der Waals surface area (Å²) in [6.07, 6.45) is 2.19. The van der Waals surface area contributed by atoms with E-state index in [0.717, 1.165) is 0 Å². The zero-order chi connectivity index (χ0) is 13.8. The van der Waals surface area contributed by atoms with Gasteiger partial charge in [0.2, 0.25) is 0 Å². The van der Waals surface area contributed by atoms with Gasteiger partial charge < -0.3 is 0 Å². The van der Waals surface area contributed by atoms with E-state index in [4.69, 9.17) is 5.84 Å². The van der Waals surface area contributed by atoms with Crippen molar-refractivity contribution in [3.63, 3.8) is 0 Å². The van der Waals surface area contributed by atoms with Gasteiger partial charge in [-0.25, -0.2) is 4.39 Å². The van der Waals surface area contributed by atoms with E-state index in [1.165, 1.54) is 22.8 Å². The maximum absolute atomic E-state index is 13.8. The molecular weight excluding hydrogens is 241 g/mol. The fourth-order valence-electron chi connectivity index (χ4n) is 2.26. The second kappa shape index (κ2) is 5.91. The number of rotatable bonds is 4. The van der Waals surface area contributed by atoms with Crippen molar-refractivity contribution >= 4 is 0 Å². The van der Waals surface area contributed by atoms with Crippen molar-refractivity contribution in [2.45, 2.75) is 26.3 Å². The van der Waals surface area contributed by atoms with Crippen LogP contribution in [0.2, 0.25) is 0 Å². The summed E-state index contributed by atoms with van der Waals surface area (Å²) in [6, 6.07) is 8.75. The maximum atomic E-state index is 13.8. The Morgan fingerprint density at radius 1 is 1.21 bits per heavy atom. The molecule has 19 heavy (non-hydrogen) atoms. The number of aryl methyl sites for hydroxylation is 2. The minimum atomic E-state index is -0.336. The highest BCUT2D eigenvalue weighted by Gasteiger charge is 2.17. The molecular formula is C15H18FN3. The minimum Gasteiger partial charge on any atom is -0.271 e. The molecule has 2 rings (SSSR count). The highest BCUT2D eigenvalue weighted by Crippen LogP contribution is 2.22. The van der Waals surface area contributed by atoms with Crippen molar-refractivity contribution in [1.82, 2.24) is 10.4 Å². The molecule has 0 aliphatic heterocycles. The van der Waals surface area contributed by atoms with Crippen molar-refractivity contribution < 1.29 is 4.39 Å². The zero-order valence-corrected chi connectivity index (χ0v) is 11.2. The molecule has 1 aromatic heterocycles. The lowest BCUT2D eigenvalue weighted by molar-refractivity contribution is 0.493. The summed E-state index contributed by atoms with van der Waals surface area (Å²) in [5, 5.41) is 0. The van der Waals surface area contributed by atoms with Crippen molar-refractivity contribution in [3.8, 4) is 0 Å². The van der Waals surface area contributed by atoms with Gasteiger partial charge in [-0.3, -0.25) is 16.3 Å². The lowest BCUT2D eigenvalue weighted by Crippen LogP contribution is -2.31. The molecule has 0 radical (unpaired) electrons. The van der Waals surface area contributed by atoms with Gasteiger partial charge in [-0.05, 0) is 49.1 Å². The van der Waals surface area contributed by atoms with Gasteiger partial charge in [0.25, 0.3) is 0 Å². The number of nitrogens with zero attached hydrogens (tertiary/aromatic N) is 1. The first-order valence-corrected chi connectivity index (χ1v) is 6.25. The number of hydrazine groups is 1. The fraction of sp³-hybridized carbons (Fsp3) is 0.267. The molecule has 1 heterocycles. The van der Waals surface area contributed by atoms with Gasteiger partial charge >= 0.3 is 0 Å². The van der Waals surface area contributed by atoms with Crippen LogP contribution in [0, 0.1) is 19.7 Å². The predicted octanol–water partition coefficient (Wildman–Crippen LogP) is 2.58. The molecule has 0 saturated carbocycles. The quantitative estimate of drug-likeness (QED) is 0.655. The number of hydrogen-bond acceptors (Lipinski definition) is 3. The van der Waals surface area contributed by atoms with E-state index in [2.05, 4.69) is 10.4 Å². The van der Waals surface area contributed by atoms with Crippen molar-refractivity contribution in [1.29, 1.82) is 0 Å². The third-order valence-corrected chi connectivity index (χ3v) is 3.37. The Bertz CT molecular complexity index is 549. The molecule has 0 saturated heterocycles. The van der Waals surface area contributed by atoms with Crippen LogP contribution in [-0.4, -0.2) is 4.98 Å². The molecule has 2 aromatic rings. The summed E-state index contributed by atoms with van der Waals surface area (Å²) in [7, 11) is 0. The molecule has 0 fully saturated rings. The largest absolute Gasteiger partial charge is 0.271 e. The highest BCUT2D eigenvalue weighted by molar-refractivity contribution is 5.35. The molecule has 3 N–H and O–H groups in total. The van der Waals surface area contributed by atoms with Crippen LogP contribution < -0.4 is 11.3 Å². The first-order chi connectivity index (χ1) is 9.13. The van der Waals surface area contributed by atoms with Crippen LogP contribution in [0.5, 0.6) is 0 Å². The normalized spacial score (nSPS) is 12.4. The number of aromatic nitrogens is 1. The zero-order valence-electron chi connectivity index (χ0n) is 11.2. The average molecular weight is 259 g/mol. The Morgan fingerprint density at radius 2 is 1.89 bits per heavy atom. The smallest absolute Gasteiger partial charge is 0.146 e. The van der Waals surface area contributed by atoms with Crippen LogP contribution >= 0.6 is 0 Å². The van der Waals surface area contributed by atoms with Gasteiger partial charge in [0.1, 0.15) is 5.82 Å². The molecule has 4 heteroatoms. The molecule has 1 unspecified atom stereocenters. The summed E-state index contributed by atoms with van der Waals surface area (Å²) in [5.41, 5.74) is 6.55. The molecule has 100 valence electrons. The second-order valence-corrected chi connectivity index (χ2v) is 4.66. The van der Waals surface area contributed by atoms with Crippen LogP contribution in [0.1, 0.15) is 28.4 Å². The van der Waals surface area contributed by atoms with Gasteiger partial charge in [0.15, 0.2) is 0 Å². The Hall–Kier alpha value is -1.78. The molecule has 0 bridgehead atoms. The van der Waals surface area contributed by atoms with E-state index in [1.807, 2.05) is 32.0 Å². The highest BCUT2D eigenvalue weighted by atomic mass is 19.1. The van der Waals surface area contributed by atoms with Crippen LogP contribution in [0.15, 0.2) is 36.5 Å². The third-order valence-electron chi connectivity index (χ3n) is 3.37. The van der Waals surface area contributed by atoms with Gasteiger partial charge in [-0.2, -0.15) is 0 Å². The summed E-state index contributed by atoms with van der Waals surface area (Å²) in [4.78, 5) is 4.09. The molecule has 0 spiro atoms. The Balaban J connectivity index is 2.32. The number of pyridine rings is 1. The molecule has 0 amide bonds. The van der Waals surface area contributed by atoms with E-state index in [-0.39, 0.29) is 11.9 Å². The SMILES string of the molecule is Cc1cccc(C)c1CC(NN)c1ncccc1F. The number of nitrogens with one attached hydrogen (secondary N) is 1. The standard InChI is InChI=1S/C15H18FN3/c1-10-5-3-6-11(2)12(10)9-14(19-17)15-13(16)7-4-8-18-15/h3-8,14,19H,9,17H2,1-2H3. The average Bonchev–Trinajstić information content (AvgIpc) is 2.40. The number of nitrogens with two attached hydrogens (primary N) is 1. The van der Waals surface area contributed by atoms with Crippen molar-refractivity contribution in [2.24, 2.45) is 5.84 Å². The molecule has 1 aromatic carbocycles. The van der Waals surface area contributed by atoms with Crippen LogP contribution in [-0.2, 0) is 6.42 Å². The Labute approximate surface area is 112 Å². The van der Waals surface area contributed by atoms with Crippen molar-refractivity contribution in [3.05, 3.63) is 64.7 Å². The summed E-state index contributed by atoms with van der Waals surface area (Å²) >= 11 is 0. The first kappa shape index (κ1) is 13.6. The molecule has 3 nitrogen and oxygen atoms in total. The first-order valence-electron chi connectivity index (χ1n) is 6.25. The Morgan fingerprint density at radius 3 is 2.47 bits per heavy atom. The summed E-state index contributed by atoms with van der Waals surface area (Å²) in [6.45, 7) is 4.09. The van der Waals surface area contributed by atoms with Gasteiger partial charge in [0, 0.05) is 6.20 Å². The van der Waals surface area contributed by atoms with E-state index in [9.17, 15) is 4.39 Å². The van der Waals surface area contributed by atoms with Gasteiger partial charge in [-0.1, -0.05) is 18.2 Å². The summed E-state index contributed by atoms with van der Waals surface area (Å²) < 4.78 is 13.8. The number of halogens is 1. The number of benzene rings is 1. The third kappa shape index (κ3) is 2.97. The van der Waals surface area contributed by atoms with Crippen molar-refractivity contribution in [2.75, 3.05) is 0 Å². The molecule has 1 atom stereocenters. The minimum absolute atomic E-state index is 0.332. The Kier molecular flexibility index (Phi) is 4.24. The van der Waals surface area contributed by atoms with Gasteiger partial charge in [-0.15, -0.1) is 0 Å². The van der Waals surface area contributed by atoms with Crippen LogP contribution in [0.4, 0.5) is 4.39 Å². The number of hydrogen-bond donors (Lipinski definition) is 2. The summed E-state index contributed by atoms with van der Waals surface area (Å²) in [5.74, 6) is 5.23. The van der Waals surface area contributed by atoms with E-state index >= 15 is 0 Å². The molecule has 0 aliphatic rings. The van der Waals surface area contributed by atoms with Crippen LogP contribution in [0.3, 0.4) is 0 Å². The van der Waals surface area contributed by atoms with E-state index in [0.29, 0.717) is 12.1 Å². The predicted molar refractivity (Wildman–Crippen MR) is 73.9 cm³/mol. The molecule has 0 aliphatic carbocycles. The van der Waals surface area contributed by atoms with Crippen LogP contribution in [0.25, 0.3) is 0 Å². The maximum Gasteiger partial charge on any atom is 0.146 e. The lowest BCUT2D eigenvalue weighted by Gasteiger charge is -2.18. The van der Waals surface area contributed by atoms with E-state index < -0.39 is 0 Å². The monoisotopic (exact) mass is 259 g/mol. The lowest BCUT2D eigenvalue weighted by atomic mass is 9.95. The fourth-order valence-corrected chi connectivity index (χ4v) is 2.26.